The summed E-state index contributed by atoms with van der Waals surface area (Å²) < 4.78 is 0. The van der Waals surface area contributed by atoms with Crippen molar-refractivity contribution in [2.75, 3.05) is 18.0 Å². The van der Waals surface area contributed by atoms with E-state index in [1.165, 1.54) is 10.5 Å². The summed E-state index contributed by atoms with van der Waals surface area (Å²) in [4.78, 5) is 28.2. The van der Waals surface area contributed by atoms with Crippen molar-refractivity contribution in [1.29, 1.82) is 0 Å². The maximum absolute atomic E-state index is 13.5. The number of hydrogen-bond acceptors (Lipinski definition) is 4. The van der Waals surface area contributed by atoms with Crippen molar-refractivity contribution in [3.63, 3.8) is 0 Å². The number of halogens is 1. The van der Waals surface area contributed by atoms with E-state index in [0.717, 1.165) is 31.5 Å². The molecule has 5 nitrogen and oxygen atoms in total. The molecule has 0 unspecified atom stereocenters. The Hall–Kier alpha value is -2.21. The fourth-order valence-electron chi connectivity index (χ4n) is 4.91. The highest BCUT2D eigenvalue weighted by molar-refractivity contribution is 6.30. The zero-order valence-corrected chi connectivity index (χ0v) is 16.5. The summed E-state index contributed by atoms with van der Waals surface area (Å²) >= 11 is 6.07. The molecule has 2 amide bonds. The van der Waals surface area contributed by atoms with Crippen molar-refractivity contribution >= 4 is 29.1 Å². The molecule has 0 aromatic heterocycles. The number of carbonyl (C=O) groups excluding carboxylic acids is 2. The molecule has 3 aliphatic rings. The molecule has 0 radical (unpaired) electrons. The van der Waals surface area contributed by atoms with Crippen LogP contribution >= 0.6 is 11.6 Å². The third-order valence-corrected chi connectivity index (χ3v) is 6.47. The number of nitrogens with zero attached hydrogens (tertiary/aromatic N) is 3. The van der Waals surface area contributed by atoms with Crippen LogP contribution in [0, 0.1) is 5.92 Å². The normalized spacial score (nSPS) is 27.5. The molecule has 0 saturated carbocycles. The van der Waals surface area contributed by atoms with Gasteiger partial charge in [-0.25, -0.2) is 14.9 Å². The molecule has 2 aromatic carbocycles. The van der Waals surface area contributed by atoms with Crippen molar-refractivity contribution in [3.05, 3.63) is 64.7 Å². The lowest BCUT2D eigenvalue weighted by molar-refractivity contribution is -0.126. The maximum Gasteiger partial charge on any atom is 0.253 e. The van der Waals surface area contributed by atoms with E-state index in [4.69, 9.17) is 11.6 Å². The fraction of sp³-hybridized carbons (Fsp3) is 0.364. The Morgan fingerprint density at radius 2 is 1.54 bits per heavy atom. The van der Waals surface area contributed by atoms with Gasteiger partial charge in [-0.15, -0.1) is 0 Å². The minimum Gasteiger partial charge on any atom is -0.274 e. The average Bonchev–Trinajstić information content (AvgIpc) is 3.35. The van der Waals surface area contributed by atoms with Crippen molar-refractivity contribution in [2.24, 2.45) is 5.92 Å². The molecule has 3 fully saturated rings. The van der Waals surface area contributed by atoms with Crippen LogP contribution in [-0.2, 0) is 16.0 Å². The minimum absolute atomic E-state index is 0.103. The monoisotopic (exact) mass is 395 g/mol. The highest BCUT2D eigenvalue weighted by Crippen LogP contribution is 2.48. The van der Waals surface area contributed by atoms with Crippen LogP contribution in [0.15, 0.2) is 48.5 Å². The summed E-state index contributed by atoms with van der Waals surface area (Å²) in [5, 5.41) is 5.00. The van der Waals surface area contributed by atoms with Crippen LogP contribution in [0.3, 0.4) is 0 Å². The van der Waals surface area contributed by atoms with Gasteiger partial charge in [0.2, 0.25) is 5.91 Å². The van der Waals surface area contributed by atoms with Gasteiger partial charge in [0.15, 0.2) is 0 Å². The standard InChI is InChI=1S/C22H22ClN3O2/c1-2-14-4-10-17(11-5-14)26-21(27)18-19(15-6-8-16(23)9-7-15)24-12-3-13-25(24)20(18)22(26)28/h4-11,18-20H,2-3,12-13H2,1H3/t18-,19-,20-/m0/s1. The topological polar surface area (TPSA) is 43.9 Å². The Morgan fingerprint density at radius 3 is 2.18 bits per heavy atom. The lowest BCUT2D eigenvalue weighted by Gasteiger charge is -2.29. The predicted octanol–water partition coefficient (Wildman–Crippen LogP) is 3.44. The summed E-state index contributed by atoms with van der Waals surface area (Å²) in [5.41, 5.74) is 2.89. The van der Waals surface area contributed by atoms with Gasteiger partial charge in [-0.3, -0.25) is 9.59 Å². The van der Waals surface area contributed by atoms with Crippen LogP contribution in [-0.4, -0.2) is 41.0 Å². The first-order valence-electron chi connectivity index (χ1n) is 9.85. The lowest BCUT2D eigenvalue weighted by atomic mass is 9.90. The van der Waals surface area contributed by atoms with Gasteiger partial charge in [0.25, 0.3) is 5.91 Å². The van der Waals surface area contributed by atoms with Gasteiger partial charge in [-0.1, -0.05) is 42.8 Å². The Labute approximate surface area is 169 Å². The average molecular weight is 396 g/mol. The SMILES string of the molecule is CCc1ccc(N2C(=O)[C@@H]3[C@@H](C2=O)N2CCCN2[C@H]3c2ccc(Cl)cc2)cc1. The van der Waals surface area contributed by atoms with Crippen LogP contribution in [0.2, 0.25) is 5.02 Å². The number of benzene rings is 2. The second-order valence-electron chi connectivity index (χ2n) is 7.68. The number of hydrogen-bond donors (Lipinski definition) is 0. The second-order valence-corrected chi connectivity index (χ2v) is 8.12. The van der Waals surface area contributed by atoms with Crippen molar-refractivity contribution in [1.82, 2.24) is 10.0 Å². The largest absolute Gasteiger partial charge is 0.274 e. The fourth-order valence-corrected chi connectivity index (χ4v) is 5.03. The summed E-state index contributed by atoms with van der Waals surface area (Å²) in [6.45, 7) is 3.77. The highest BCUT2D eigenvalue weighted by Gasteiger charge is 2.62. The molecule has 3 heterocycles. The van der Waals surface area contributed by atoms with Crippen LogP contribution in [0.25, 0.3) is 0 Å². The molecule has 0 spiro atoms. The molecular weight excluding hydrogens is 374 g/mol. The maximum atomic E-state index is 13.5. The minimum atomic E-state index is -0.415. The molecular formula is C22H22ClN3O2. The van der Waals surface area contributed by atoms with Gasteiger partial charge in [-0.2, -0.15) is 0 Å². The number of rotatable bonds is 3. The summed E-state index contributed by atoms with van der Waals surface area (Å²) in [6.07, 6.45) is 1.93. The van der Waals surface area contributed by atoms with Gasteiger partial charge in [0.05, 0.1) is 17.6 Å². The first-order chi connectivity index (χ1) is 13.6. The van der Waals surface area contributed by atoms with Crippen molar-refractivity contribution in [3.8, 4) is 0 Å². The Balaban J connectivity index is 1.55. The molecule has 2 aromatic rings. The number of anilines is 1. The lowest BCUT2D eigenvalue weighted by Crippen LogP contribution is -2.44. The molecule has 3 saturated heterocycles. The van der Waals surface area contributed by atoms with E-state index < -0.39 is 6.04 Å². The van der Waals surface area contributed by atoms with E-state index in [9.17, 15) is 9.59 Å². The number of carbonyl (C=O) groups is 2. The Bertz CT molecular complexity index is 928. The van der Waals surface area contributed by atoms with E-state index in [0.29, 0.717) is 10.7 Å². The summed E-state index contributed by atoms with van der Waals surface area (Å²) in [7, 11) is 0. The first kappa shape index (κ1) is 17.9. The molecule has 0 N–H and O–H groups in total. The van der Waals surface area contributed by atoms with E-state index >= 15 is 0 Å². The van der Waals surface area contributed by atoms with Gasteiger partial charge in [-0.05, 0) is 48.2 Å². The summed E-state index contributed by atoms with van der Waals surface area (Å²) in [6, 6.07) is 14.9. The van der Waals surface area contributed by atoms with E-state index in [2.05, 4.69) is 16.9 Å². The number of imide groups is 1. The third-order valence-electron chi connectivity index (χ3n) is 6.22. The van der Waals surface area contributed by atoms with Crippen LogP contribution < -0.4 is 4.90 Å². The molecule has 3 atom stereocenters. The summed E-state index contributed by atoms with van der Waals surface area (Å²) in [5.74, 6) is -0.601. The molecule has 0 bridgehead atoms. The molecule has 5 rings (SSSR count). The number of amides is 2. The first-order valence-corrected chi connectivity index (χ1v) is 10.2. The number of hydrazine groups is 1. The van der Waals surface area contributed by atoms with Gasteiger partial charge < -0.3 is 0 Å². The number of fused-ring (bicyclic) bond motifs is 3. The van der Waals surface area contributed by atoms with E-state index in [-0.39, 0.29) is 23.8 Å². The third kappa shape index (κ3) is 2.54. The van der Waals surface area contributed by atoms with Crippen LogP contribution in [0.1, 0.15) is 30.5 Å². The van der Waals surface area contributed by atoms with E-state index in [1.807, 2.05) is 48.5 Å². The Kier molecular flexibility index (Phi) is 4.27. The van der Waals surface area contributed by atoms with Gasteiger partial charge in [0, 0.05) is 18.1 Å². The van der Waals surface area contributed by atoms with Crippen LogP contribution in [0.4, 0.5) is 5.69 Å². The molecule has 3 aliphatic heterocycles. The Morgan fingerprint density at radius 1 is 0.893 bits per heavy atom. The molecule has 6 heteroatoms. The van der Waals surface area contributed by atoms with Gasteiger partial charge in [0.1, 0.15) is 6.04 Å². The smallest absolute Gasteiger partial charge is 0.253 e. The predicted molar refractivity (Wildman–Crippen MR) is 108 cm³/mol. The zero-order valence-electron chi connectivity index (χ0n) is 15.7. The molecule has 28 heavy (non-hydrogen) atoms. The van der Waals surface area contributed by atoms with Crippen LogP contribution in [0.5, 0.6) is 0 Å². The molecule has 0 aliphatic carbocycles. The molecule has 144 valence electrons. The number of aryl methyl sites for hydroxylation is 1. The quantitative estimate of drug-likeness (QED) is 0.747. The van der Waals surface area contributed by atoms with Gasteiger partial charge >= 0.3 is 0 Å². The van der Waals surface area contributed by atoms with Crippen molar-refractivity contribution in [2.45, 2.75) is 31.8 Å². The van der Waals surface area contributed by atoms with Crippen molar-refractivity contribution < 1.29 is 9.59 Å². The highest BCUT2D eigenvalue weighted by atomic mass is 35.5. The second kappa shape index (κ2) is 6.69. The zero-order chi connectivity index (χ0) is 19.4. The van der Waals surface area contributed by atoms with E-state index in [1.54, 1.807) is 0 Å².